The van der Waals surface area contributed by atoms with Gasteiger partial charge in [0.25, 0.3) is 16.4 Å². The molecule has 1 aromatic carbocycles. The summed E-state index contributed by atoms with van der Waals surface area (Å²) in [6.45, 7) is 1.11. The Kier molecular flexibility index (Phi) is 6.72. The monoisotopic (exact) mass is 490 g/mol. The Morgan fingerprint density at radius 2 is 1.81 bits per heavy atom. The van der Waals surface area contributed by atoms with Crippen LogP contribution in [0.1, 0.15) is 17.8 Å². The summed E-state index contributed by atoms with van der Waals surface area (Å²) in [6, 6.07) is 8.01. The van der Waals surface area contributed by atoms with Gasteiger partial charge in [-0.05, 0) is 43.3 Å². The molecule has 0 unspecified atom stereocenters. The van der Waals surface area contributed by atoms with Crippen molar-refractivity contribution in [2.45, 2.75) is 24.8 Å². The van der Waals surface area contributed by atoms with Gasteiger partial charge in [0.1, 0.15) is 12.2 Å². The molecule has 164 valence electrons. The molecule has 2 heterocycles. The summed E-state index contributed by atoms with van der Waals surface area (Å²) in [5, 5.41) is 13.3. The molecule has 0 saturated carbocycles. The Morgan fingerprint density at radius 3 is 2.35 bits per heavy atom. The number of nitrogens with one attached hydrogen (secondary N) is 2. The molecule has 0 aliphatic rings. The maximum Gasteiger partial charge on any atom is 0.283 e. The molecule has 3 rings (SSSR count). The predicted molar refractivity (Wildman–Crippen MR) is 110 cm³/mol. The zero-order chi connectivity index (χ0) is 22.8. The first kappa shape index (κ1) is 22.8. The molecule has 2 N–H and O–H groups in total. The third kappa shape index (κ3) is 5.46. The number of carbonyl (C=O) groups excluding carboxylic acids is 1. The van der Waals surface area contributed by atoms with Gasteiger partial charge >= 0.3 is 0 Å². The fourth-order valence-corrected chi connectivity index (χ4v) is 3.78. The van der Waals surface area contributed by atoms with Gasteiger partial charge in [0.05, 0.1) is 15.6 Å². The second-order valence-corrected chi connectivity index (χ2v) is 8.61. The van der Waals surface area contributed by atoms with Crippen molar-refractivity contribution in [2.75, 3.05) is 10.0 Å². The second kappa shape index (κ2) is 9.12. The fraction of sp³-hybridized carbons (Fsp3) is 0.176. The predicted octanol–water partition coefficient (Wildman–Crippen LogP) is 3.67. The van der Waals surface area contributed by atoms with E-state index in [-0.39, 0.29) is 33.1 Å². The molecule has 0 aliphatic heterocycles. The number of aromatic nitrogens is 4. The molecule has 14 heteroatoms. The molecule has 9 nitrogen and oxygen atoms in total. The van der Waals surface area contributed by atoms with Crippen LogP contribution in [0.15, 0.2) is 41.3 Å². The molecule has 3 aromatic rings. The van der Waals surface area contributed by atoms with E-state index in [1.54, 1.807) is 0 Å². The van der Waals surface area contributed by atoms with Crippen molar-refractivity contribution < 1.29 is 22.0 Å². The number of alkyl halides is 2. The molecule has 0 atom stereocenters. The molecule has 0 bridgehead atoms. The number of benzene rings is 1. The first-order chi connectivity index (χ1) is 14.6. The molecular weight excluding hydrogens is 477 g/mol. The molecule has 0 aliphatic carbocycles. The van der Waals surface area contributed by atoms with Gasteiger partial charge in [-0.2, -0.15) is 5.10 Å². The molecule has 2 aromatic heterocycles. The second-order valence-electron chi connectivity index (χ2n) is 6.16. The van der Waals surface area contributed by atoms with Crippen molar-refractivity contribution in [2.24, 2.45) is 0 Å². The minimum atomic E-state index is -3.94. The lowest BCUT2D eigenvalue weighted by atomic mass is 10.3. The van der Waals surface area contributed by atoms with E-state index in [1.807, 2.05) is 0 Å². The summed E-state index contributed by atoms with van der Waals surface area (Å²) in [5.41, 5.74) is -0.0791. The topological polar surface area (TPSA) is 119 Å². The highest BCUT2D eigenvalue weighted by molar-refractivity contribution is 7.92. The molecule has 31 heavy (non-hydrogen) atoms. The van der Waals surface area contributed by atoms with Crippen LogP contribution in [0.4, 0.5) is 20.3 Å². The van der Waals surface area contributed by atoms with Gasteiger partial charge in [-0.3, -0.25) is 14.2 Å². The zero-order valence-electron chi connectivity index (χ0n) is 15.7. The van der Waals surface area contributed by atoms with Crippen LogP contribution >= 0.6 is 23.2 Å². The number of halogens is 4. The minimum absolute atomic E-state index is 0.0156. The summed E-state index contributed by atoms with van der Waals surface area (Å²) < 4.78 is 53.8. The maximum absolute atomic E-state index is 12.9. The van der Waals surface area contributed by atoms with Gasteiger partial charge in [0, 0.05) is 5.69 Å². The maximum atomic E-state index is 12.9. The van der Waals surface area contributed by atoms with Crippen LogP contribution in [-0.2, 0) is 21.4 Å². The molecule has 0 fully saturated rings. The fourth-order valence-electron chi connectivity index (χ4n) is 2.46. The van der Waals surface area contributed by atoms with E-state index in [4.69, 9.17) is 23.2 Å². The number of hydrogen-bond acceptors (Lipinski definition) is 6. The average Bonchev–Trinajstić information content (AvgIpc) is 2.98. The number of amides is 1. The van der Waals surface area contributed by atoms with Gasteiger partial charge < -0.3 is 5.32 Å². The van der Waals surface area contributed by atoms with Crippen molar-refractivity contribution in [1.29, 1.82) is 0 Å². The normalized spacial score (nSPS) is 11.5. The van der Waals surface area contributed by atoms with Crippen LogP contribution in [-0.4, -0.2) is 34.3 Å². The Balaban J connectivity index is 1.67. The van der Waals surface area contributed by atoms with Crippen molar-refractivity contribution in [1.82, 2.24) is 20.0 Å². The van der Waals surface area contributed by atoms with Gasteiger partial charge in [-0.1, -0.05) is 23.2 Å². The van der Waals surface area contributed by atoms with Crippen LogP contribution in [0.3, 0.4) is 0 Å². The Morgan fingerprint density at radius 1 is 1.13 bits per heavy atom. The molecule has 1 amide bonds. The number of carbonyl (C=O) groups is 1. The third-order valence-electron chi connectivity index (χ3n) is 3.98. The first-order valence-electron chi connectivity index (χ1n) is 8.50. The van der Waals surface area contributed by atoms with E-state index in [1.165, 1.54) is 43.3 Å². The third-order valence-corrected chi connectivity index (χ3v) is 6.02. The SMILES string of the molecule is Cc1c(Cl)c(C(F)F)nn1CC(=O)Nc1ccc(S(=O)(=O)Nc2ccc(Cl)nn2)cc1. The van der Waals surface area contributed by atoms with Crippen LogP contribution in [0.5, 0.6) is 0 Å². The summed E-state index contributed by atoms with van der Waals surface area (Å²) in [6.07, 6.45) is -2.86. The number of anilines is 2. The van der Waals surface area contributed by atoms with Gasteiger partial charge in [0.15, 0.2) is 11.0 Å². The van der Waals surface area contributed by atoms with Crippen LogP contribution in [0.2, 0.25) is 10.2 Å². The van der Waals surface area contributed by atoms with E-state index in [0.29, 0.717) is 5.69 Å². The average molecular weight is 491 g/mol. The van der Waals surface area contributed by atoms with E-state index in [2.05, 4.69) is 25.3 Å². The van der Waals surface area contributed by atoms with Gasteiger partial charge in [-0.25, -0.2) is 17.2 Å². The van der Waals surface area contributed by atoms with Crippen molar-refractivity contribution in [3.8, 4) is 0 Å². The highest BCUT2D eigenvalue weighted by Gasteiger charge is 2.21. The Hall–Kier alpha value is -2.83. The lowest BCUT2D eigenvalue weighted by Gasteiger charge is -2.09. The summed E-state index contributed by atoms with van der Waals surface area (Å²) in [4.78, 5) is 12.1. The highest BCUT2D eigenvalue weighted by atomic mass is 35.5. The smallest absolute Gasteiger partial charge is 0.283 e. The van der Waals surface area contributed by atoms with Crippen molar-refractivity contribution >= 4 is 50.6 Å². The Bertz CT molecular complexity index is 1200. The molecular formula is C17H14Cl2F2N6O3S. The standard InChI is InChI=1S/C17H14Cl2F2N6O3S/c1-9-15(19)16(17(20)21)25-27(9)8-14(28)22-10-2-4-11(5-3-10)31(29,30)26-13-7-6-12(18)23-24-13/h2-7,17H,8H2,1H3,(H,22,28)(H,24,26). The van der Waals surface area contributed by atoms with Crippen LogP contribution < -0.4 is 10.0 Å². The zero-order valence-corrected chi connectivity index (χ0v) is 18.0. The minimum Gasteiger partial charge on any atom is -0.324 e. The van der Waals surface area contributed by atoms with Crippen molar-refractivity contribution in [3.05, 3.63) is 58.0 Å². The highest BCUT2D eigenvalue weighted by Crippen LogP contribution is 2.28. The summed E-state index contributed by atoms with van der Waals surface area (Å²) in [7, 11) is -3.94. The van der Waals surface area contributed by atoms with E-state index in [9.17, 15) is 22.0 Å². The van der Waals surface area contributed by atoms with Crippen molar-refractivity contribution in [3.63, 3.8) is 0 Å². The quantitative estimate of drug-likeness (QED) is 0.521. The summed E-state index contributed by atoms with van der Waals surface area (Å²) in [5.74, 6) is -0.577. The molecule has 0 saturated heterocycles. The van der Waals surface area contributed by atoms with Crippen LogP contribution in [0.25, 0.3) is 0 Å². The van der Waals surface area contributed by atoms with Crippen LogP contribution in [0, 0.1) is 6.92 Å². The molecule has 0 spiro atoms. The lowest BCUT2D eigenvalue weighted by Crippen LogP contribution is -2.20. The number of sulfonamides is 1. The Labute approximate surface area is 185 Å². The van der Waals surface area contributed by atoms with Gasteiger partial charge in [0.2, 0.25) is 5.91 Å². The largest absolute Gasteiger partial charge is 0.324 e. The number of hydrogen-bond donors (Lipinski definition) is 2. The summed E-state index contributed by atoms with van der Waals surface area (Å²) >= 11 is 11.4. The van der Waals surface area contributed by atoms with E-state index >= 15 is 0 Å². The van der Waals surface area contributed by atoms with E-state index in [0.717, 1.165) is 4.68 Å². The number of nitrogens with zero attached hydrogens (tertiary/aromatic N) is 4. The first-order valence-corrected chi connectivity index (χ1v) is 10.7. The van der Waals surface area contributed by atoms with Gasteiger partial charge in [-0.15, -0.1) is 10.2 Å². The number of rotatable bonds is 7. The molecule has 0 radical (unpaired) electrons. The van der Waals surface area contributed by atoms with E-state index < -0.39 is 28.0 Å². The lowest BCUT2D eigenvalue weighted by molar-refractivity contribution is -0.117.